The Bertz CT molecular complexity index is 205. The summed E-state index contributed by atoms with van der Waals surface area (Å²) >= 11 is 0. The van der Waals surface area contributed by atoms with Crippen LogP contribution >= 0.6 is 0 Å². The Morgan fingerprint density at radius 3 is 3.08 bits per heavy atom. The summed E-state index contributed by atoms with van der Waals surface area (Å²) in [6, 6.07) is -0.202. The summed E-state index contributed by atoms with van der Waals surface area (Å²) in [4.78, 5) is 23.0. The van der Waals surface area contributed by atoms with Crippen molar-refractivity contribution in [3.8, 4) is 0 Å². The van der Waals surface area contributed by atoms with E-state index in [1.54, 1.807) is 0 Å². The Balaban J connectivity index is 2.49. The lowest BCUT2D eigenvalue weighted by Crippen LogP contribution is -2.52. The molecule has 1 fully saturated rings. The van der Waals surface area contributed by atoms with Gasteiger partial charge in [-0.15, -0.1) is 0 Å². The molecular formula is C7H13N3O2. The van der Waals surface area contributed by atoms with E-state index in [1.165, 1.54) is 4.90 Å². The van der Waals surface area contributed by atoms with Crippen LogP contribution in [-0.2, 0) is 4.79 Å². The van der Waals surface area contributed by atoms with Crippen LogP contribution in [0.4, 0.5) is 4.79 Å². The Labute approximate surface area is 70.9 Å². The van der Waals surface area contributed by atoms with Gasteiger partial charge in [-0.05, 0) is 5.92 Å². The van der Waals surface area contributed by atoms with Gasteiger partial charge in [0.25, 0.3) is 0 Å². The third-order valence-corrected chi connectivity index (χ3v) is 1.77. The second-order valence-electron chi connectivity index (χ2n) is 3.14. The predicted molar refractivity (Wildman–Crippen MR) is 43.3 cm³/mol. The number of nitrogens with zero attached hydrogens (tertiary/aromatic N) is 1. The fourth-order valence-corrected chi connectivity index (χ4v) is 1.22. The lowest BCUT2D eigenvalue weighted by atomic mass is 10.1. The highest BCUT2D eigenvalue weighted by molar-refractivity contribution is 5.83. The minimum atomic E-state index is -0.473. The van der Waals surface area contributed by atoms with Crippen LogP contribution in [0.5, 0.6) is 0 Å². The lowest BCUT2D eigenvalue weighted by molar-refractivity contribution is -0.118. The minimum Gasteiger partial charge on any atom is -0.368 e. The number of hydrogen-bond donors (Lipinski definition) is 2. The Morgan fingerprint density at radius 1 is 1.83 bits per heavy atom. The van der Waals surface area contributed by atoms with Gasteiger partial charge < -0.3 is 16.0 Å². The van der Waals surface area contributed by atoms with Crippen LogP contribution < -0.4 is 11.1 Å². The van der Waals surface area contributed by atoms with Crippen LogP contribution in [0.25, 0.3) is 0 Å². The van der Waals surface area contributed by atoms with E-state index >= 15 is 0 Å². The lowest BCUT2D eigenvalue weighted by Gasteiger charge is -2.30. The Kier molecular flexibility index (Phi) is 2.52. The molecule has 0 bridgehead atoms. The molecule has 1 aliphatic heterocycles. The maximum Gasteiger partial charge on any atom is 0.317 e. The first kappa shape index (κ1) is 8.83. The van der Waals surface area contributed by atoms with E-state index in [2.05, 4.69) is 5.32 Å². The van der Waals surface area contributed by atoms with Crippen molar-refractivity contribution in [2.45, 2.75) is 6.92 Å². The molecule has 1 saturated heterocycles. The van der Waals surface area contributed by atoms with Crippen molar-refractivity contribution in [3.63, 3.8) is 0 Å². The average molecular weight is 171 g/mol. The largest absolute Gasteiger partial charge is 0.368 e. The third-order valence-electron chi connectivity index (χ3n) is 1.77. The molecule has 0 saturated carbocycles. The number of urea groups is 1. The van der Waals surface area contributed by atoms with Gasteiger partial charge in [-0.25, -0.2) is 4.79 Å². The van der Waals surface area contributed by atoms with Gasteiger partial charge in [0.05, 0.1) is 0 Å². The molecule has 0 aromatic rings. The Hall–Kier alpha value is -1.26. The van der Waals surface area contributed by atoms with Crippen molar-refractivity contribution >= 4 is 11.9 Å². The highest BCUT2D eigenvalue weighted by Gasteiger charge is 2.22. The standard InChI is InChI=1S/C7H13N3O2/c1-5-2-9-7(12)10(3-5)4-6(8)11/h5H,2-4H2,1H3,(H2,8,11)(H,9,12). The van der Waals surface area contributed by atoms with Crippen LogP contribution in [0.15, 0.2) is 0 Å². The van der Waals surface area contributed by atoms with Crippen molar-refractivity contribution in [1.82, 2.24) is 10.2 Å². The van der Waals surface area contributed by atoms with E-state index in [1.807, 2.05) is 6.92 Å². The zero-order valence-corrected chi connectivity index (χ0v) is 7.04. The van der Waals surface area contributed by atoms with E-state index in [9.17, 15) is 9.59 Å². The predicted octanol–water partition coefficient (Wildman–Crippen LogP) is -0.867. The fraction of sp³-hybridized carbons (Fsp3) is 0.714. The van der Waals surface area contributed by atoms with Crippen molar-refractivity contribution in [1.29, 1.82) is 0 Å². The summed E-state index contributed by atoms with van der Waals surface area (Å²) in [7, 11) is 0. The molecule has 3 N–H and O–H groups in total. The summed E-state index contributed by atoms with van der Waals surface area (Å²) < 4.78 is 0. The molecule has 0 radical (unpaired) electrons. The summed E-state index contributed by atoms with van der Waals surface area (Å²) in [6.07, 6.45) is 0. The number of nitrogens with two attached hydrogens (primary N) is 1. The van der Waals surface area contributed by atoms with Gasteiger partial charge in [0, 0.05) is 13.1 Å². The number of nitrogens with one attached hydrogen (secondary N) is 1. The smallest absolute Gasteiger partial charge is 0.317 e. The molecule has 0 spiro atoms. The number of rotatable bonds is 2. The molecule has 0 aliphatic carbocycles. The van der Waals surface area contributed by atoms with Gasteiger partial charge in [0.15, 0.2) is 0 Å². The van der Waals surface area contributed by atoms with E-state index in [0.717, 1.165) is 0 Å². The normalized spacial score (nSPS) is 23.6. The second-order valence-corrected chi connectivity index (χ2v) is 3.14. The topological polar surface area (TPSA) is 75.4 Å². The quantitative estimate of drug-likeness (QED) is 0.567. The maximum atomic E-state index is 11.1. The van der Waals surface area contributed by atoms with Gasteiger partial charge >= 0.3 is 6.03 Å². The summed E-state index contributed by atoms with van der Waals surface area (Å²) in [5.74, 6) is -0.0960. The molecule has 3 amide bonds. The summed E-state index contributed by atoms with van der Waals surface area (Å²) in [5.41, 5.74) is 4.97. The van der Waals surface area contributed by atoms with Gasteiger partial charge in [-0.2, -0.15) is 0 Å². The van der Waals surface area contributed by atoms with Crippen LogP contribution in [0.2, 0.25) is 0 Å². The highest BCUT2D eigenvalue weighted by Crippen LogP contribution is 2.04. The molecule has 0 aromatic heterocycles. The first-order valence-electron chi connectivity index (χ1n) is 3.90. The van der Waals surface area contributed by atoms with Crippen molar-refractivity contribution < 1.29 is 9.59 Å². The molecule has 1 heterocycles. The maximum absolute atomic E-state index is 11.1. The molecule has 5 nitrogen and oxygen atoms in total. The molecular weight excluding hydrogens is 158 g/mol. The fourth-order valence-electron chi connectivity index (χ4n) is 1.22. The number of amides is 3. The molecule has 1 rings (SSSR count). The van der Waals surface area contributed by atoms with Gasteiger partial charge in [-0.1, -0.05) is 6.92 Å². The number of carbonyl (C=O) groups is 2. The van der Waals surface area contributed by atoms with Crippen LogP contribution in [-0.4, -0.2) is 36.5 Å². The summed E-state index contributed by atoms with van der Waals surface area (Å²) in [5, 5.41) is 2.67. The Morgan fingerprint density at radius 2 is 2.50 bits per heavy atom. The summed E-state index contributed by atoms with van der Waals surface area (Å²) in [6.45, 7) is 3.30. The molecule has 1 unspecified atom stereocenters. The van der Waals surface area contributed by atoms with Crippen molar-refractivity contribution in [3.05, 3.63) is 0 Å². The zero-order valence-electron chi connectivity index (χ0n) is 7.04. The first-order valence-corrected chi connectivity index (χ1v) is 3.90. The van der Waals surface area contributed by atoms with E-state index < -0.39 is 5.91 Å². The van der Waals surface area contributed by atoms with E-state index in [0.29, 0.717) is 19.0 Å². The molecule has 12 heavy (non-hydrogen) atoms. The zero-order chi connectivity index (χ0) is 9.14. The highest BCUT2D eigenvalue weighted by atomic mass is 16.2. The van der Waals surface area contributed by atoms with Crippen molar-refractivity contribution in [2.24, 2.45) is 11.7 Å². The molecule has 68 valence electrons. The van der Waals surface area contributed by atoms with Crippen molar-refractivity contribution in [2.75, 3.05) is 19.6 Å². The monoisotopic (exact) mass is 171 g/mol. The van der Waals surface area contributed by atoms with E-state index in [-0.39, 0.29) is 12.6 Å². The number of carbonyl (C=O) groups excluding carboxylic acids is 2. The second kappa shape index (κ2) is 3.42. The van der Waals surface area contributed by atoms with Crippen LogP contribution in [0.3, 0.4) is 0 Å². The van der Waals surface area contributed by atoms with E-state index in [4.69, 9.17) is 5.73 Å². The first-order chi connectivity index (χ1) is 5.59. The number of primary amides is 1. The molecule has 0 aromatic carbocycles. The average Bonchev–Trinajstić information content (AvgIpc) is 1.96. The molecule has 5 heteroatoms. The van der Waals surface area contributed by atoms with Gasteiger partial charge in [-0.3, -0.25) is 4.79 Å². The third kappa shape index (κ3) is 2.11. The van der Waals surface area contributed by atoms with Crippen LogP contribution in [0.1, 0.15) is 6.92 Å². The van der Waals surface area contributed by atoms with Gasteiger partial charge in [0.1, 0.15) is 6.54 Å². The SMILES string of the molecule is CC1CNC(=O)N(CC(N)=O)C1. The van der Waals surface area contributed by atoms with Crippen LogP contribution in [0, 0.1) is 5.92 Å². The molecule has 1 aliphatic rings. The number of hydrogen-bond acceptors (Lipinski definition) is 2. The minimum absolute atomic E-state index is 0.0101. The van der Waals surface area contributed by atoms with Gasteiger partial charge in [0.2, 0.25) is 5.91 Å². The molecule has 1 atom stereocenters.